The first-order valence-electron chi connectivity index (χ1n) is 12.4. The van der Waals surface area contributed by atoms with Crippen LogP contribution >= 0.6 is 0 Å². The topological polar surface area (TPSA) is 63.7 Å². The number of amides is 1. The molecule has 1 amide bonds. The first-order chi connectivity index (χ1) is 17.0. The predicted molar refractivity (Wildman–Crippen MR) is 135 cm³/mol. The van der Waals surface area contributed by atoms with Gasteiger partial charge >= 0.3 is 0 Å². The van der Waals surface area contributed by atoms with Crippen molar-refractivity contribution in [2.24, 2.45) is 0 Å². The predicted octanol–water partition coefficient (Wildman–Crippen LogP) is 5.04. The number of nitrogens with zero attached hydrogens (tertiary/aromatic N) is 2. The van der Waals surface area contributed by atoms with Crippen molar-refractivity contribution < 1.29 is 14.3 Å². The number of ether oxygens (including phenoxy) is 2. The fourth-order valence-corrected chi connectivity index (χ4v) is 5.63. The zero-order valence-corrected chi connectivity index (χ0v) is 20.4. The van der Waals surface area contributed by atoms with Gasteiger partial charge in [-0.25, -0.2) is 0 Å². The Morgan fingerprint density at radius 2 is 1.94 bits per heavy atom. The van der Waals surface area contributed by atoms with Gasteiger partial charge in [-0.3, -0.25) is 14.7 Å². The molecule has 2 aromatic carbocycles. The molecule has 6 heteroatoms. The van der Waals surface area contributed by atoms with Crippen LogP contribution in [0, 0.1) is 0 Å². The molecule has 2 saturated heterocycles. The third-order valence-electron chi connectivity index (χ3n) is 7.34. The summed E-state index contributed by atoms with van der Waals surface area (Å²) in [5.41, 5.74) is 3.09. The van der Waals surface area contributed by atoms with Gasteiger partial charge in [-0.15, -0.1) is 0 Å². The first-order valence-corrected chi connectivity index (χ1v) is 12.4. The van der Waals surface area contributed by atoms with Crippen LogP contribution in [0.2, 0.25) is 0 Å². The number of pyridine rings is 1. The van der Waals surface area contributed by atoms with E-state index in [4.69, 9.17) is 9.47 Å². The molecule has 0 saturated carbocycles. The van der Waals surface area contributed by atoms with E-state index < -0.39 is 0 Å². The second-order valence-corrected chi connectivity index (χ2v) is 9.80. The monoisotopic (exact) mass is 471 g/mol. The molecule has 3 heterocycles. The van der Waals surface area contributed by atoms with Gasteiger partial charge in [-0.2, -0.15) is 0 Å². The van der Waals surface area contributed by atoms with E-state index in [9.17, 15) is 4.79 Å². The van der Waals surface area contributed by atoms with E-state index in [1.165, 1.54) is 11.1 Å². The number of likely N-dealkylation sites (tertiary alicyclic amines) is 1. The summed E-state index contributed by atoms with van der Waals surface area (Å²) in [6.45, 7) is 3.44. The summed E-state index contributed by atoms with van der Waals surface area (Å²) in [6.07, 6.45) is 5.17. The zero-order valence-electron chi connectivity index (χ0n) is 20.4. The molecule has 1 aromatic heterocycles. The summed E-state index contributed by atoms with van der Waals surface area (Å²) >= 11 is 0. The average molecular weight is 472 g/mol. The number of rotatable bonds is 7. The van der Waals surface area contributed by atoms with Gasteiger partial charge in [0.1, 0.15) is 18.1 Å². The number of hydrogen-bond donors (Lipinski definition) is 1. The number of carbonyl (C=O) groups is 1. The summed E-state index contributed by atoms with van der Waals surface area (Å²) in [6, 6.07) is 23.0. The molecule has 1 N–H and O–H groups in total. The average Bonchev–Trinajstić information content (AvgIpc) is 3.04. The van der Waals surface area contributed by atoms with Crippen molar-refractivity contribution >= 4 is 5.91 Å². The first kappa shape index (κ1) is 23.4. The number of benzene rings is 2. The van der Waals surface area contributed by atoms with Crippen molar-refractivity contribution in [1.82, 2.24) is 15.2 Å². The summed E-state index contributed by atoms with van der Waals surface area (Å²) in [4.78, 5) is 19.4. The van der Waals surface area contributed by atoms with E-state index in [1.807, 2.05) is 36.4 Å². The van der Waals surface area contributed by atoms with Crippen LogP contribution in [0.5, 0.6) is 11.5 Å². The van der Waals surface area contributed by atoms with Crippen LogP contribution in [0.1, 0.15) is 55.5 Å². The maximum Gasteiger partial charge on any atom is 0.220 e. The Bertz CT molecular complexity index is 1150. The van der Waals surface area contributed by atoms with Gasteiger partial charge < -0.3 is 14.8 Å². The van der Waals surface area contributed by atoms with E-state index >= 15 is 0 Å². The highest BCUT2D eigenvalue weighted by molar-refractivity contribution is 5.77. The Kier molecular flexibility index (Phi) is 6.73. The highest BCUT2D eigenvalue weighted by atomic mass is 16.5. The molecule has 2 fully saturated rings. The van der Waals surface area contributed by atoms with E-state index in [2.05, 4.69) is 52.5 Å². The summed E-state index contributed by atoms with van der Waals surface area (Å²) < 4.78 is 11.4. The molecule has 35 heavy (non-hydrogen) atoms. The van der Waals surface area contributed by atoms with Crippen LogP contribution in [0.15, 0.2) is 72.9 Å². The van der Waals surface area contributed by atoms with Gasteiger partial charge in [-0.1, -0.05) is 30.3 Å². The van der Waals surface area contributed by atoms with Crippen molar-refractivity contribution in [2.75, 3.05) is 7.11 Å². The molecule has 6 nitrogen and oxygen atoms in total. The van der Waals surface area contributed by atoms with Crippen LogP contribution in [0.3, 0.4) is 0 Å². The lowest BCUT2D eigenvalue weighted by molar-refractivity contribution is -0.122. The molecular formula is C29H33N3O3. The van der Waals surface area contributed by atoms with Crippen molar-refractivity contribution in [2.45, 2.75) is 63.4 Å². The molecule has 2 aliphatic rings. The number of fused-ring (bicyclic) bond motifs is 1. The number of aromatic nitrogens is 1. The standard InChI is InChI=1S/C29H33N3O3/c1-29-18-26(22-12-14-24(34-2)15-13-22)32(27(29)10-6-11-28(33)31-29)19-21-7-5-9-25(17-21)35-20-23-8-3-4-16-30-23/h3-5,7-9,12-17,26-27H,6,10-11,18-20H2,1-2H3,(H,31,33)/t26-,27-,29-/m0/s1. The molecule has 3 aromatic rings. The molecule has 182 valence electrons. The van der Waals surface area contributed by atoms with Gasteiger partial charge in [0.05, 0.1) is 18.3 Å². The van der Waals surface area contributed by atoms with Crippen LogP contribution in [0.25, 0.3) is 0 Å². The SMILES string of the molecule is COc1ccc([C@@H]2C[C@]3(C)NC(=O)CCC[C@@H]3N2Cc2cccc(OCc3ccccn3)c2)cc1. The second-order valence-electron chi connectivity index (χ2n) is 9.80. The fourth-order valence-electron chi connectivity index (χ4n) is 5.63. The van der Waals surface area contributed by atoms with E-state index in [0.29, 0.717) is 13.0 Å². The van der Waals surface area contributed by atoms with Crippen LogP contribution in [-0.2, 0) is 17.9 Å². The van der Waals surface area contributed by atoms with Gasteiger partial charge in [-0.05, 0) is 73.7 Å². The molecular weight excluding hydrogens is 438 g/mol. The maximum absolute atomic E-state index is 12.5. The van der Waals surface area contributed by atoms with Gasteiger partial charge in [0.25, 0.3) is 0 Å². The van der Waals surface area contributed by atoms with Crippen molar-refractivity contribution in [3.8, 4) is 11.5 Å². The van der Waals surface area contributed by atoms with Gasteiger partial charge in [0.2, 0.25) is 5.91 Å². The van der Waals surface area contributed by atoms with Crippen molar-refractivity contribution in [1.29, 1.82) is 0 Å². The summed E-state index contributed by atoms with van der Waals surface area (Å²) in [5, 5.41) is 3.37. The minimum atomic E-state index is -0.259. The number of hydrogen-bond acceptors (Lipinski definition) is 5. The molecule has 0 spiro atoms. The molecule has 0 radical (unpaired) electrons. The Hall–Kier alpha value is -3.38. The van der Waals surface area contributed by atoms with Gasteiger partial charge in [0.15, 0.2) is 0 Å². The van der Waals surface area contributed by atoms with Crippen LogP contribution in [-0.4, -0.2) is 34.5 Å². The molecule has 0 bridgehead atoms. The fraction of sp³-hybridized carbons (Fsp3) is 0.379. The molecule has 2 aliphatic heterocycles. The number of methoxy groups -OCH3 is 1. The zero-order chi connectivity index (χ0) is 24.3. The van der Waals surface area contributed by atoms with E-state index in [-0.39, 0.29) is 23.5 Å². The normalized spacial score (nSPS) is 24.3. The Labute approximate surface area is 207 Å². The van der Waals surface area contributed by atoms with Crippen molar-refractivity contribution in [3.63, 3.8) is 0 Å². The quantitative estimate of drug-likeness (QED) is 0.523. The van der Waals surface area contributed by atoms with Crippen LogP contribution < -0.4 is 14.8 Å². The van der Waals surface area contributed by atoms with Crippen LogP contribution in [0.4, 0.5) is 0 Å². The smallest absolute Gasteiger partial charge is 0.220 e. The highest BCUT2D eigenvalue weighted by Crippen LogP contribution is 2.46. The molecule has 5 rings (SSSR count). The van der Waals surface area contributed by atoms with E-state index in [0.717, 1.165) is 43.0 Å². The molecule has 0 aliphatic carbocycles. The second kappa shape index (κ2) is 10.1. The third kappa shape index (κ3) is 5.17. The van der Waals surface area contributed by atoms with Crippen molar-refractivity contribution in [3.05, 3.63) is 89.7 Å². The number of carbonyl (C=O) groups excluding carboxylic acids is 1. The molecule has 3 atom stereocenters. The van der Waals surface area contributed by atoms with Gasteiger partial charge in [0, 0.05) is 31.2 Å². The highest BCUT2D eigenvalue weighted by Gasteiger charge is 2.50. The lowest BCUT2D eigenvalue weighted by Crippen LogP contribution is -2.52. The minimum Gasteiger partial charge on any atom is -0.497 e. The maximum atomic E-state index is 12.5. The lowest BCUT2D eigenvalue weighted by atomic mass is 9.88. The minimum absolute atomic E-state index is 0.162. The Balaban J connectivity index is 1.40. The Morgan fingerprint density at radius 1 is 1.09 bits per heavy atom. The van der Waals surface area contributed by atoms with E-state index in [1.54, 1.807) is 13.3 Å². The third-order valence-corrected chi connectivity index (χ3v) is 7.34. The summed E-state index contributed by atoms with van der Waals surface area (Å²) in [7, 11) is 1.69. The summed E-state index contributed by atoms with van der Waals surface area (Å²) in [5.74, 6) is 1.85. The number of nitrogens with one attached hydrogen (secondary N) is 1. The lowest BCUT2D eigenvalue weighted by Gasteiger charge is -2.35. The Morgan fingerprint density at radius 3 is 2.71 bits per heavy atom. The largest absolute Gasteiger partial charge is 0.497 e. The molecule has 0 unspecified atom stereocenters.